The summed E-state index contributed by atoms with van der Waals surface area (Å²) in [7, 11) is 0. The molecule has 0 radical (unpaired) electrons. The maximum Gasteiger partial charge on any atom is 0.372 e. The third-order valence-electron chi connectivity index (χ3n) is 2.97. The van der Waals surface area contributed by atoms with Crippen LogP contribution in [0.1, 0.15) is 23.0 Å². The molecule has 112 valence electrons. The van der Waals surface area contributed by atoms with Crippen molar-refractivity contribution in [1.29, 1.82) is 0 Å². The molecule has 2 N–H and O–H groups in total. The summed E-state index contributed by atoms with van der Waals surface area (Å²) in [6.07, 6.45) is 0. The van der Waals surface area contributed by atoms with E-state index in [1.807, 2.05) is 25.1 Å². The van der Waals surface area contributed by atoms with Gasteiger partial charge in [0.2, 0.25) is 5.76 Å². The van der Waals surface area contributed by atoms with Gasteiger partial charge < -0.3 is 19.6 Å². The van der Waals surface area contributed by atoms with Crippen LogP contribution in [0.25, 0.3) is 11.0 Å². The van der Waals surface area contributed by atoms with Gasteiger partial charge in [-0.1, -0.05) is 30.4 Å². The highest BCUT2D eigenvalue weighted by molar-refractivity contribution is 5.95. The third-order valence-corrected chi connectivity index (χ3v) is 2.97. The highest BCUT2D eigenvalue weighted by Gasteiger charge is 2.18. The quantitative estimate of drug-likeness (QED) is 0.577. The standard InChI is InChI=1S/C16H19NO4/c1-11(2)10-20-8-7-17-9-13-12-5-3-4-6-14(12)21-15(13)16(18)19/h3-6,17H,1,7-10H2,2H3,(H,18,19). The Labute approximate surface area is 123 Å². The molecule has 0 spiro atoms. The van der Waals surface area contributed by atoms with Gasteiger partial charge in [-0.05, 0) is 13.0 Å². The van der Waals surface area contributed by atoms with Gasteiger partial charge >= 0.3 is 5.97 Å². The molecule has 2 rings (SSSR count). The lowest BCUT2D eigenvalue weighted by molar-refractivity contribution is 0.0663. The first-order chi connectivity index (χ1) is 10.1. The summed E-state index contributed by atoms with van der Waals surface area (Å²) < 4.78 is 10.8. The molecule has 0 saturated heterocycles. The van der Waals surface area contributed by atoms with E-state index in [2.05, 4.69) is 11.9 Å². The Morgan fingerprint density at radius 3 is 2.90 bits per heavy atom. The second-order valence-corrected chi connectivity index (χ2v) is 4.90. The molecule has 5 nitrogen and oxygen atoms in total. The Morgan fingerprint density at radius 1 is 1.43 bits per heavy atom. The van der Waals surface area contributed by atoms with Crippen molar-refractivity contribution in [2.24, 2.45) is 0 Å². The Bertz CT molecular complexity index is 645. The number of nitrogens with one attached hydrogen (secondary N) is 1. The normalized spacial score (nSPS) is 10.9. The number of rotatable bonds is 8. The van der Waals surface area contributed by atoms with Crippen molar-refractivity contribution in [2.75, 3.05) is 19.8 Å². The number of fused-ring (bicyclic) bond motifs is 1. The van der Waals surface area contributed by atoms with E-state index in [9.17, 15) is 9.90 Å². The molecule has 0 bridgehead atoms. The van der Waals surface area contributed by atoms with Crippen LogP contribution in [0.5, 0.6) is 0 Å². The molecule has 0 aliphatic carbocycles. The average Bonchev–Trinajstić information content (AvgIpc) is 2.81. The van der Waals surface area contributed by atoms with Crippen molar-refractivity contribution < 1.29 is 19.1 Å². The van der Waals surface area contributed by atoms with Crippen LogP contribution in [0.4, 0.5) is 0 Å². The molecular formula is C16H19NO4. The van der Waals surface area contributed by atoms with Crippen LogP contribution in [0.2, 0.25) is 0 Å². The highest BCUT2D eigenvalue weighted by atomic mass is 16.5. The molecule has 0 saturated carbocycles. The predicted octanol–water partition coefficient (Wildman–Crippen LogP) is 2.81. The first-order valence-corrected chi connectivity index (χ1v) is 6.76. The van der Waals surface area contributed by atoms with Crippen LogP contribution >= 0.6 is 0 Å². The molecule has 0 aliphatic heterocycles. The van der Waals surface area contributed by atoms with Crippen molar-refractivity contribution in [2.45, 2.75) is 13.5 Å². The zero-order valence-electron chi connectivity index (χ0n) is 12.0. The molecule has 1 aromatic heterocycles. The fraction of sp³-hybridized carbons (Fsp3) is 0.312. The zero-order chi connectivity index (χ0) is 15.2. The van der Waals surface area contributed by atoms with Gasteiger partial charge in [-0.2, -0.15) is 0 Å². The first kappa shape index (κ1) is 15.3. The van der Waals surface area contributed by atoms with E-state index in [-0.39, 0.29) is 5.76 Å². The van der Waals surface area contributed by atoms with Gasteiger partial charge in [-0.25, -0.2) is 4.79 Å². The van der Waals surface area contributed by atoms with E-state index in [4.69, 9.17) is 9.15 Å². The second kappa shape index (κ2) is 7.06. The van der Waals surface area contributed by atoms with Crippen LogP contribution in [0, 0.1) is 0 Å². The van der Waals surface area contributed by atoms with Crippen molar-refractivity contribution in [1.82, 2.24) is 5.32 Å². The molecular weight excluding hydrogens is 270 g/mol. The molecule has 1 heterocycles. The van der Waals surface area contributed by atoms with Crippen LogP contribution < -0.4 is 5.32 Å². The number of carboxylic acid groups (broad SMARTS) is 1. The second-order valence-electron chi connectivity index (χ2n) is 4.90. The molecule has 2 aromatic rings. The van der Waals surface area contributed by atoms with Crippen LogP contribution in [0.3, 0.4) is 0 Å². The van der Waals surface area contributed by atoms with E-state index < -0.39 is 5.97 Å². The monoisotopic (exact) mass is 289 g/mol. The van der Waals surface area contributed by atoms with Crippen molar-refractivity contribution in [3.8, 4) is 0 Å². The number of para-hydroxylation sites is 1. The largest absolute Gasteiger partial charge is 0.475 e. The van der Waals surface area contributed by atoms with Crippen LogP contribution in [-0.2, 0) is 11.3 Å². The van der Waals surface area contributed by atoms with Gasteiger partial charge in [0.1, 0.15) is 5.58 Å². The number of hydrogen-bond acceptors (Lipinski definition) is 4. The van der Waals surface area contributed by atoms with Gasteiger partial charge in [0, 0.05) is 24.0 Å². The van der Waals surface area contributed by atoms with Gasteiger partial charge in [-0.15, -0.1) is 0 Å². The molecule has 0 atom stereocenters. The number of furan rings is 1. The van der Waals surface area contributed by atoms with Gasteiger partial charge in [0.15, 0.2) is 0 Å². The minimum absolute atomic E-state index is 0.00782. The number of carbonyl (C=O) groups is 1. The lowest BCUT2D eigenvalue weighted by Crippen LogP contribution is -2.20. The molecule has 21 heavy (non-hydrogen) atoms. The van der Waals surface area contributed by atoms with Gasteiger partial charge in [0.25, 0.3) is 0 Å². The molecule has 0 unspecified atom stereocenters. The number of benzene rings is 1. The first-order valence-electron chi connectivity index (χ1n) is 6.76. The summed E-state index contributed by atoms with van der Waals surface area (Å²) in [5.74, 6) is -1.06. The lowest BCUT2D eigenvalue weighted by atomic mass is 10.1. The zero-order valence-corrected chi connectivity index (χ0v) is 12.0. The minimum atomic E-state index is -1.05. The van der Waals surface area contributed by atoms with Gasteiger partial charge in [0.05, 0.1) is 13.2 Å². The van der Waals surface area contributed by atoms with Crippen LogP contribution in [-0.4, -0.2) is 30.8 Å². The number of ether oxygens (including phenoxy) is 1. The molecule has 0 fully saturated rings. The lowest BCUT2D eigenvalue weighted by Gasteiger charge is -2.06. The number of hydrogen-bond donors (Lipinski definition) is 2. The van der Waals surface area contributed by atoms with Crippen molar-refractivity contribution >= 4 is 16.9 Å². The molecule has 5 heteroatoms. The topological polar surface area (TPSA) is 71.7 Å². The minimum Gasteiger partial charge on any atom is -0.475 e. The van der Waals surface area contributed by atoms with Crippen molar-refractivity contribution in [3.63, 3.8) is 0 Å². The maximum atomic E-state index is 11.2. The molecule has 1 aromatic carbocycles. The summed E-state index contributed by atoms with van der Waals surface area (Å²) in [5.41, 5.74) is 2.23. The fourth-order valence-corrected chi connectivity index (χ4v) is 2.05. The molecule has 0 aliphatic rings. The third kappa shape index (κ3) is 3.93. The Kier molecular flexibility index (Phi) is 5.14. The van der Waals surface area contributed by atoms with E-state index in [1.54, 1.807) is 6.07 Å². The summed E-state index contributed by atoms with van der Waals surface area (Å²) in [6.45, 7) is 7.80. The van der Waals surface area contributed by atoms with E-state index in [1.165, 1.54) is 0 Å². The van der Waals surface area contributed by atoms with Crippen LogP contribution in [0.15, 0.2) is 40.8 Å². The molecule has 0 amide bonds. The maximum absolute atomic E-state index is 11.2. The SMILES string of the molecule is C=C(C)COCCNCc1c(C(=O)O)oc2ccccc12. The smallest absolute Gasteiger partial charge is 0.372 e. The van der Waals surface area contributed by atoms with Gasteiger partial charge in [-0.3, -0.25) is 0 Å². The highest BCUT2D eigenvalue weighted by Crippen LogP contribution is 2.25. The Hall–Kier alpha value is -2.11. The summed E-state index contributed by atoms with van der Waals surface area (Å²) in [5, 5.41) is 13.2. The van der Waals surface area contributed by atoms with Crippen molar-refractivity contribution in [3.05, 3.63) is 47.7 Å². The summed E-state index contributed by atoms with van der Waals surface area (Å²) in [4.78, 5) is 11.2. The van der Waals surface area contributed by atoms with E-state index in [0.717, 1.165) is 11.0 Å². The Balaban J connectivity index is 1.99. The average molecular weight is 289 g/mol. The fourth-order valence-electron chi connectivity index (χ4n) is 2.05. The summed E-state index contributed by atoms with van der Waals surface area (Å²) in [6, 6.07) is 7.31. The van der Waals surface area contributed by atoms with E-state index in [0.29, 0.717) is 37.4 Å². The summed E-state index contributed by atoms with van der Waals surface area (Å²) >= 11 is 0. The number of aromatic carboxylic acids is 1. The Morgan fingerprint density at radius 2 is 2.19 bits per heavy atom. The number of carboxylic acids is 1. The van der Waals surface area contributed by atoms with E-state index >= 15 is 0 Å². The predicted molar refractivity (Wildman–Crippen MR) is 80.5 cm³/mol.